The predicted molar refractivity (Wildman–Crippen MR) is 134 cm³/mol. The number of fused-ring (bicyclic) bond motifs is 1. The molecular formula is C22H32IN7O. The Morgan fingerprint density at radius 2 is 2.16 bits per heavy atom. The highest BCUT2D eigenvalue weighted by Crippen LogP contribution is 2.22. The second-order valence-corrected chi connectivity index (χ2v) is 7.89. The number of hydrogen-bond acceptors (Lipinski definition) is 4. The maximum atomic E-state index is 5.74. The molecule has 2 aromatic heterocycles. The largest absolute Gasteiger partial charge is 0.376 e. The van der Waals surface area contributed by atoms with Gasteiger partial charge in [-0.3, -0.25) is 0 Å². The molecule has 0 saturated carbocycles. The predicted octanol–water partition coefficient (Wildman–Crippen LogP) is 2.99. The molecule has 1 unspecified atom stereocenters. The average Bonchev–Trinajstić information content (AvgIpc) is 3.47. The van der Waals surface area contributed by atoms with Crippen LogP contribution in [-0.4, -0.2) is 51.5 Å². The van der Waals surface area contributed by atoms with Gasteiger partial charge in [0.1, 0.15) is 12.4 Å². The van der Waals surface area contributed by atoms with Crippen LogP contribution in [0.2, 0.25) is 0 Å². The fourth-order valence-electron chi connectivity index (χ4n) is 3.89. The highest BCUT2D eigenvalue weighted by atomic mass is 127. The summed E-state index contributed by atoms with van der Waals surface area (Å²) in [5, 5.41) is 16.6. The van der Waals surface area contributed by atoms with Crippen molar-refractivity contribution in [3.05, 3.63) is 47.2 Å². The zero-order chi connectivity index (χ0) is 20.9. The molecule has 0 radical (unpaired) electrons. The fourth-order valence-corrected chi connectivity index (χ4v) is 3.89. The van der Waals surface area contributed by atoms with Crippen LogP contribution in [0.25, 0.3) is 10.9 Å². The number of aliphatic imine (C=N–C) groups is 1. The van der Waals surface area contributed by atoms with Crippen molar-refractivity contribution >= 4 is 40.8 Å². The van der Waals surface area contributed by atoms with Gasteiger partial charge in [0, 0.05) is 43.8 Å². The topological polar surface area (TPSA) is 92.2 Å². The molecule has 168 valence electrons. The minimum Gasteiger partial charge on any atom is -0.376 e. The van der Waals surface area contributed by atoms with Gasteiger partial charge in [0.25, 0.3) is 0 Å². The van der Waals surface area contributed by atoms with Crippen LogP contribution in [0.15, 0.2) is 29.4 Å². The molecule has 1 saturated heterocycles. The molecule has 1 aromatic carbocycles. The summed E-state index contributed by atoms with van der Waals surface area (Å²) in [7, 11) is 1.96. The molecule has 0 aliphatic carbocycles. The Balaban J connectivity index is 0.00000272. The average molecular weight is 537 g/mol. The van der Waals surface area contributed by atoms with Crippen molar-refractivity contribution in [3.8, 4) is 0 Å². The van der Waals surface area contributed by atoms with Crippen LogP contribution < -0.4 is 10.6 Å². The van der Waals surface area contributed by atoms with Gasteiger partial charge < -0.3 is 24.9 Å². The quantitative estimate of drug-likeness (QED) is 0.245. The minimum absolute atomic E-state index is 0. The Morgan fingerprint density at radius 3 is 2.90 bits per heavy atom. The number of halogens is 1. The maximum absolute atomic E-state index is 5.74. The van der Waals surface area contributed by atoms with Gasteiger partial charge in [0.2, 0.25) is 0 Å². The fraction of sp³-hybridized carbons (Fsp3) is 0.500. The number of nitrogens with zero attached hydrogens (tertiary/aromatic N) is 4. The zero-order valence-corrected chi connectivity index (χ0v) is 20.8. The lowest BCUT2D eigenvalue weighted by atomic mass is 10.1. The standard InChI is InChI=1S/C22H31N7O.HI/c1-15-6-4-8-19-21(15)17(12-24-19)9-10-23-22(25-13-18-7-5-11-30-18)26-14-20-28-27-16(2)29(20)3;/h4,6,8,12,18,24H,5,7,9-11,13-14H2,1-3H3,(H2,23,25,26);1H. The molecule has 4 rings (SSSR count). The van der Waals surface area contributed by atoms with Crippen molar-refractivity contribution in [2.45, 2.75) is 45.8 Å². The van der Waals surface area contributed by atoms with Gasteiger partial charge in [0.15, 0.2) is 11.8 Å². The molecule has 3 N–H and O–H groups in total. The molecule has 0 amide bonds. The van der Waals surface area contributed by atoms with Crippen molar-refractivity contribution in [1.82, 2.24) is 30.4 Å². The van der Waals surface area contributed by atoms with E-state index in [0.717, 1.165) is 56.6 Å². The molecular weight excluding hydrogens is 505 g/mol. The molecule has 0 spiro atoms. The molecule has 1 aliphatic rings. The summed E-state index contributed by atoms with van der Waals surface area (Å²) in [5.74, 6) is 2.51. The van der Waals surface area contributed by atoms with Crippen LogP contribution in [0.1, 0.15) is 35.6 Å². The molecule has 1 atom stereocenters. The second-order valence-electron chi connectivity index (χ2n) is 7.89. The molecule has 3 heterocycles. The zero-order valence-electron chi connectivity index (χ0n) is 18.4. The molecule has 0 bridgehead atoms. The summed E-state index contributed by atoms with van der Waals surface area (Å²) in [6.45, 7) is 6.98. The summed E-state index contributed by atoms with van der Waals surface area (Å²) in [5.41, 5.74) is 3.80. The van der Waals surface area contributed by atoms with E-state index in [4.69, 9.17) is 9.73 Å². The molecule has 3 aromatic rings. The van der Waals surface area contributed by atoms with Crippen molar-refractivity contribution in [1.29, 1.82) is 0 Å². The van der Waals surface area contributed by atoms with Crippen molar-refractivity contribution < 1.29 is 4.74 Å². The van der Waals surface area contributed by atoms with Gasteiger partial charge in [0.05, 0.1) is 6.10 Å². The van der Waals surface area contributed by atoms with E-state index in [0.29, 0.717) is 6.54 Å². The lowest BCUT2D eigenvalue weighted by Crippen LogP contribution is -2.42. The first kappa shape index (κ1) is 23.5. The first-order chi connectivity index (χ1) is 14.6. The van der Waals surface area contributed by atoms with E-state index in [1.165, 1.54) is 22.0 Å². The molecule has 31 heavy (non-hydrogen) atoms. The Labute approximate surface area is 200 Å². The Hall–Kier alpha value is -2.14. The second kappa shape index (κ2) is 10.9. The highest BCUT2D eigenvalue weighted by molar-refractivity contribution is 14.0. The van der Waals surface area contributed by atoms with Gasteiger partial charge >= 0.3 is 0 Å². The maximum Gasteiger partial charge on any atom is 0.191 e. The Kier molecular flexibility index (Phi) is 8.30. The number of hydrogen-bond donors (Lipinski definition) is 3. The number of aromatic amines is 1. The van der Waals surface area contributed by atoms with E-state index in [1.54, 1.807) is 0 Å². The van der Waals surface area contributed by atoms with Crippen molar-refractivity contribution in [2.75, 3.05) is 19.7 Å². The number of benzene rings is 1. The first-order valence-electron chi connectivity index (χ1n) is 10.7. The lowest BCUT2D eigenvalue weighted by Gasteiger charge is -2.15. The number of rotatable bonds is 7. The third kappa shape index (κ3) is 5.76. The van der Waals surface area contributed by atoms with Crippen LogP contribution >= 0.6 is 24.0 Å². The van der Waals surface area contributed by atoms with Crippen LogP contribution in [0.3, 0.4) is 0 Å². The third-order valence-corrected chi connectivity index (χ3v) is 5.77. The molecule has 9 heteroatoms. The van der Waals surface area contributed by atoms with E-state index < -0.39 is 0 Å². The van der Waals surface area contributed by atoms with Gasteiger partial charge in [-0.15, -0.1) is 34.2 Å². The lowest BCUT2D eigenvalue weighted by molar-refractivity contribution is 0.114. The van der Waals surface area contributed by atoms with Crippen LogP contribution in [0.4, 0.5) is 0 Å². The number of guanidine groups is 1. The van der Waals surface area contributed by atoms with E-state index in [-0.39, 0.29) is 30.1 Å². The van der Waals surface area contributed by atoms with Crippen molar-refractivity contribution in [3.63, 3.8) is 0 Å². The van der Waals surface area contributed by atoms with E-state index in [1.807, 2.05) is 18.5 Å². The summed E-state index contributed by atoms with van der Waals surface area (Å²) >= 11 is 0. The Morgan fingerprint density at radius 1 is 1.29 bits per heavy atom. The molecule has 1 fully saturated rings. The summed E-state index contributed by atoms with van der Waals surface area (Å²) < 4.78 is 7.71. The number of aryl methyl sites for hydroxylation is 2. The third-order valence-electron chi connectivity index (χ3n) is 5.77. The minimum atomic E-state index is 0. The van der Waals surface area contributed by atoms with E-state index >= 15 is 0 Å². The number of aromatic nitrogens is 4. The van der Waals surface area contributed by atoms with Crippen molar-refractivity contribution in [2.24, 2.45) is 12.0 Å². The molecule has 8 nitrogen and oxygen atoms in total. The number of H-pyrrole nitrogens is 1. The van der Waals surface area contributed by atoms with Crippen LogP contribution in [-0.2, 0) is 24.8 Å². The summed E-state index contributed by atoms with van der Waals surface area (Å²) in [6.07, 6.45) is 5.50. The number of nitrogens with one attached hydrogen (secondary N) is 3. The van der Waals surface area contributed by atoms with E-state index in [9.17, 15) is 0 Å². The van der Waals surface area contributed by atoms with E-state index in [2.05, 4.69) is 57.1 Å². The smallest absolute Gasteiger partial charge is 0.191 e. The monoisotopic (exact) mass is 537 g/mol. The summed E-state index contributed by atoms with van der Waals surface area (Å²) in [4.78, 5) is 8.11. The summed E-state index contributed by atoms with van der Waals surface area (Å²) in [6, 6.07) is 6.37. The Bertz CT molecular complexity index is 1020. The first-order valence-corrected chi connectivity index (χ1v) is 10.7. The van der Waals surface area contributed by atoms with Crippen LogP contribution in [0, 0.1) is 13.8 Å². The number of ether oxygens (including phenoxy) is 1. The van der Waals surface area contributed by atoms with Crippen LogP contribution in [0.5, 0.6) is 0 Å². The van der Waals surface area contributed by atoms with Gasteiger partial charge in [-0.25, -0.2) is 4.99 Å². The van der Waals surface area contributed by atoms with Gasteiger partial charge in [-0.1, -0.05) is 12.1 Å². The molecule has 1 aliphatic heterocycles. The van der Waals surface area contributed by atoms with Gasteiger partial charge in [-0.05, 0) is 50.3 Å². The van der Waals surface area contributed by atoms with Gasteiger partial charge in [-0.2, -0.15) is 0 Å². The highest BCUT2D eigenvalue weighted by Gasteiger charge is 2.16. The SMILES string of the molecule is Cc1cccc2[nH]cc(CCNC(=NCc3nnc(C)n3C)NCC3CCCO3)c12.I. The normalized spacial score (nSPS) is 16.5.